The van der Waals surface area contributed by atoms with Crippen LogP contribution in [0.2, 0.25) is 5.28 Å². The Morgan fingerprint density at radius 3 is 2.82 bits per heavy atom. The van der Waals surface area contributed by atoms with Gasteiger partial charge < -0.3 is 24.4 Å². The summed E-state index contributed by atoms with van der Waals surface area (Å²) < 4.78 is 19.7. The summed E-state index contributed by atoms with van der Waals surface area (Å²) in [5.74, 6) is -1.14. The van der Waals surface area contributed by atoms with Crippen LogP contribution in [0.4, 0.5) is 0 Å². The van der Waals surface area contributed by atoms with Gasteiger partial charge in [0.15, 0.2) is 29.3 Å². The zero-order valence-electron chi connectivity index (χ0n) is 18.2. The lowest BCUT2D eigenvalue weighted by Crippen LogP contribution is -2.41. The molecule has 176 valence electrons. The van der Waals surface area contributed by atoms with Crippen molar-refractivity contribution < 1.29 is 23.8 Å². The maximum absolute atomic E-state index is 12.5. The lowest BCUT2D eigenvalue weighted by atomic mass is 10.1. The summed E-state index contributed by atoms with van der Waals surface area (Å²) in [6.07, 6.45) is -1.34. The Balaban J connectivity index is 1.41. The number of nitrogens with zero attached hydrogens (tertiary/aromatic N) is 7. The van der Waals surface area contributed by atoms with E-state index in [9.17, 15) is 4.79 Å². The van der Waals surface area contributed by atoms with Crippen molar-refractivity contribution >= 4 is 39.7 Å². The van der Waals surface area contributed by atoms with Crippen LogP contribution in [0, 0.1) is 0 Å². The Bertz CT molecular complexity index is 1420. The van der Waals surface area contributed by atoms with E-state index in [4.69, 9.17) is 30.6 Å². The van der Waals surface area contributed by atoms with Crippen LogP contribution >= 0.6 is 11.6 Å². The quantitative estimate of drug-likeness (QED) is 0.418. The third-order valence-corrected chi connectivity index (χ3v) is 5.83. The molecule has 0 unspecified atom stereocenters. The number of likely N-dealkylation sites (N-methyl/N-ethyl adjacent to an activating group) is 1. The van der Waals surface area contributed by atoms with Crippen LogP contribution in [0.5, 0.6) is 5.88 Å². The second-order valence-corrected chi connectivity index (χ2v) is 8.63. The van der Waals surface area contributed by atoms with E-state index < -0.39 is 30.3 Å². The first kappa shape index (κ1) is 21.2. The molecule has 4 aromatic rings. The van der Waals surface area contributed by atoms with E-state index in [1.54, 1.807) is 30.5 Å². The smallest absolute Gasteiger partial charge is 0.281 e. The molecule has 0 spiro atoms. The minimum atomic E-state index is -0.894. The molecule has 3 aromatic heterocycles. The number of aromatic nitrogens is 7. The van der Waals surface area contributed by atoms with Crippen molar-refractivity contribution in [3.05, 3.63) is 35.9 Å². The van der Waals surface area contributed by atoms with Crippen LogP contribution in [-0.4, -0.2) is 71.7 Å². The predicted molar refractivity (Wildman–Crippen MR) is 116 cm³/mol. The van der Waals surface area contributed by atoms with E-state index in [0.29, 0.717) is 22.2 Å². The van der Waals surface area contributed by atoms with Gasteiger partial charge in [-0.15, -0.1) is 5.10 Å². The van der Waals surface area contributed by atoms with Gasteiger partial charge in [0.1, 0.15) is 23.2 Å². The molecule has 0 aliphatic carbocycles. The Hall–Kier alpha value is -3.39. The lowest BCUT2D eigenvalue weighted by molar-refractivity contribution is -0.197. The molecule has 2 aliphatic heterocycles. The Kier molecular flexibility index (Phi) is 4.71. The number of hydrogen-bond acceptors (Lipinski definition) is 10. The fourth-order valence-corrected chi connectivity index (χ4v) is 4.42. The lowest BCUT2D eigenvalue weighted by Gasteiger charge is -2.24. The molecule has 0 radical (unpaired) electrons. The zero-order chi connectivity index (χ0) is 23.6. The topological polar surface area (TPSA) is 140 Å². The fourth-order valence-electron chi connectivity index (χ4n) is 4.27. The Morgan fingerprint density at radius 2 is 2.00 bits per heavy atom. The molecular formula is C20H19ClN8O5. The van der Waals surface area contributed by atoms with Gasteiger partial charge in [-0.1, -0.05) is 17.0 Å². The van der Waals surface area contributed by atoms with Crippen molar-refractivity contribution in [1.82, 2.24) is 40.0 Å². The average Bonchev–Trinajstić information content (AvgIpc) is 3.55. The number of halogens is 1. The van der Waals surface area contributed by atoms with E-state index in [1.807, 2.05) is 12.1 Å². The number of carbonyl (C=O) groups is 1. The molecule has 1 N–H and O–H groups in total. The number of carbonyl (C=O) groups excluding carboxylic acids is 1. The number of amides is 1. The van der Waals surface area contributed by atoms with Gasteiger partial charge in [0.25, 0.3) is 11.8 Å². The van der Waals surface area contributed by atoms with E-state index in [-0.39, 0.29) is 17.1 Å². The number of ether oxygens (including phenoxy) is 3. The number of imidazole rings is 1. The maximum atomic E-state index is 12.5. The molecule has 2 aliphatic rings. The summed E-state index contributed by atoms with van der Waals surface area (Å²) in [5.41, 5.74) is 1.93. The number of rotatable bonds is 4. The predicted octanol–water partition coefficient (Wildman–Crippen LogP) is 1.23. The molecule has 4 atom stereocenters. The highest BCUT2D eigenvalue weighted by Crippen LogP contribution is 2.44. The number of nitrogens with one attached hydrogen (secondary N) is 1. The van der Waals surface area contributed by atoms with Gasteiger partial charge in [0.2, 0.25) is 5.28 Å². The largest absolute Gasteiger partial charge is 0.357 e. The van der Waals surface area contributed by atoms with Gasteiger partial charge >= 0.3 is 0 Å². The first-order chi connectivity index (χ1) is 16.3. The molecule has 34 heavy (non-hydrogen) atoms. The van der Waals surface area contributed by atoms with Gasteiger partial charge in [-0.2, -0.15) is 9.97 Å². The molecule has 1 aromatic carbocycles. The number of benzene rings is 1. The molecule has 2 fully saturated rings. The first-order valence-corrected chi connectivity index (χ1v) is 10.8. The van der Waals surface area contributed by atoms with Crippen LogP contribution in [0.25, 0.3) is 22.2 Å². The van der Waals surface area contributed by atoms with Crippen LogP contribution < -0.4 is 10.2 Å². The van der Waals surface area contributed by atoms with Crippen LogP contribution in [0.15, 0.2) is 30.6 Å². The van der Waals surface area contributed by atoms with Crippen LogP contribution in [0.3, 0.4) is 0 Å². The van der Waals surface area contributed by atoms with Gasteiger partial charge in [-0.3, -0.25) is 9.36 Å². The molecule has 0 bridgehead atoms. The summed E-state index contributed by atoms with van der Waals surface area (Å²) in [6.45, 7) is 3.56. The van der Waals surface area contributed by atoms with E-state index >= 15 is 0 Å². The van der Waals surface area contributed by atoms with Gasteiger partial charge in [-0.25, -0.2) is 4.98 Å². The van der Waals surface area contributed by atoms with E-state index in [1.165, 1.54) is 18.2 Å². The highest BCUT2D eigenvalue weighted by atomic mass is 35.5. The van der Waals surface area contributed by atoms with E-state index in [2.05, 4.69) is 30.6 Å². The molecule has 6 rings (SSSR count). The molecule has 2 saturated heterocycles. The first-order valence-electron chi connectivity index (χ1n) is 10.5. The van der Waals surface area contributed by atoms with Crippen molar-refractivity contribution in [2.75, 3.05) is 7.05 Å². The summed E-state index contributed by atoms with van der Waals surface area (Å²) in [6, 6.07) is 7.30. The zero-order valence-corrected chi connectivity index (χ0v) is 19.0. The van der Waals surface area contributed by atoms with E-state index in [0.717, 1.165) is 0 Å². The minimum Gasteiger partial charge on any atom is -0.357 e. The van der Waals surface area contributed by atoms with Gasteiger partial charge in [-0.05, 0) is 42.8 Å². The highest BCUT2D eigenvalue weighted by molar-refractivity contribution is 6.28. The second-order valence-electron chi connectivity index (χ2n) is 8.29. The Morgan fingerprint density at radius 1 is 1.21 bits per heavy atom. The molecule has 13 nitrogen and oxygen atoms in total. The second kappa shape index (κ2) is 7.56. The maximum Gasteiger partial charge on any atom is 0.281 e. The van der Waals surface area contributed by atoms with Crippen molar-refractivity contribution in [1.29, 1.82) is 0 Å². The molecule has 14 heteroatoms. The average molecular weight is 487 g/mol. The Labute approximate surface area is 196 Å². The monoisotopic (exact) mass is 486 g/mol. The normalized spacial score (nSPS) is 25.6. The number of hydrogen-bond donors (Lipinski definition) is 1. The van der Waals surface area contributed by atoms with Crippen molar-refractivity contribution in [2.24, 2.45) is 0 Å². The third kappa shape index (κ3) is 3.27. The SMILES string of the molecule is CNC(=O)[C@H]1O[C@@H](n2cnc3c(On4nnc5ccccc54)nc(Cl)nc32)[C@@H]2OC(C)(C)O[C@@H]21. The molecule has 1 amide bonds. The summed E-state index contributed by atoms with van der Waals surface area (Å²) in [5, 5.41) is 10.6. The highest BCUT2D eigenvalue weighted by Gasteiger charge is 2.58. The van der Waals surface area contributed by atoms with Crippen molar-refractivity contribution in [3.63, 3.8) is 0 Å². The van der Waals surface area contributed by atoms with Crippen LogP contribution in [0.1, 0.15) is 20.1 Å². The summed E-state index contributed by atoms with van der Waals surface area (Å²) >= 11 is 6.23. The van der Waals surface area contributed by atoms with Crippen LogP contribution in [-0.2, 0) is 19.0 Å². The van der Waals surface area contributed by atoms with Crippen molar-refractivity contribution in [2.45, 2.75) is 44.2 Å². The summed E-state index contributed by atoms with van der Waals surface area (Å²) in [4.78, 5) is 32.5. The van der Waals surface area contributed by atoms with Crippen molar-refractivity contribution in [3.8, 4) is 5.88 Å². The molecule has 5 heterocycles. The standard InChI is InChI=1S/C20H19ClN8O5/c1-20(2)32-12-13(16(30)22-3)31-18(14(12)33-20)28-8-23-11-15(28)24-19(21)25-17(11)34-29-10-7-5-4-6-9(10)26-27-29/h4-8,12-14,18H,1-3H3,(H,22,30)/t12-,13+,14-,18-/m1/s1. The molecule has 0 saturated carbocycles. The summed E-state index contributed by atoms with van der Waals surface area (Å²) in [7, 11) is 1.53. The van der Waals surface area contributed by atoms with Gasteiger partial charge in [0, 0.05) is 7.05 Å². The minimum absolute atomic E-state index is 0.0741. The fraction of sp³-hybridized carbons (Fsp3) is 0.400. The molecular weight excluding hydrogens is 468 g/mol. The number of fused-ring (bicyclic) bond motifs is 3. The third-order valence-electron chi connectivity index (χ3n) is 5.66. The van der Waals surface area contributed by atoms with Gasteiger partial charge in [0.05, 0.1) is 6.33 Å². The number of para-hydroxylation sites is 1.